The predicted octanol–water partition coefficient (Wildman–Crippen LogP) is 5.29. The van der Waals surface area contributed by atoms with Crippen LogP contribution < -0.4 is 10.2 Å². The van der Waals surface area contributed by atoms with E-state index in [1.165, 1.54) is 28.0 Å². The molecule has 0 saturated heterocycles. The lowest BCUT2D eigenvalue weighted by Gasteiger charge is -2.18. The zero-order valence-corrected chi connectivity index (χ0v) is 23.4. The lowest BCUT2D eigenvalue weighted by atomic mass is 9.88. The number of fused-ring (bicyclic) bond motifs is 1. The molecule has 0 saturated carbocycles. The Morgan fingerprint density at radius 3 is 2.73 bits per heavy atom. The normalized spacial score (nSPS) is 14.6. The highest BCUT2D eigenvalue weighted by Gasteiger charge is 2.29. The summed E-state index contributed by atoms with van der Waals surface area (Å²) in [6.07, 6.45) is 4.56. The van der Waals surface area contributed by atoms with Crippen LogP contribution in [0.4, 0.5) is 10.7 Å². The number of benzene rings is 1. The molecule has 1 amide bonds. The Kier molecular flexibility index (Phi) is 8.71. The molecule has 2 aromatic heterocycles. The molecule has 1 N–H and O–H groups in total. The minimum Gasteiger partial charge on any atom is -0.462 e. The predicted molar refractivity (Wildman–Crippen MR) is 151 cm³/mol. The molecule has 1 aliphatic carbocycles. The van der Waals surface area contributed by atoms with Crippen molar-refractivity contribution in [2.75, 3.05) is 36.7 Å². The van der Waals surface area contributed by atoms with Gasteiger partial charge in [0.05, 0.1) is 17.9 Å². The summed E-state index contributed by atoms with van der Waals surface area (Å²) in [5.74, 6) is 0.846. The van der Waals surface area contributed by atoms with Crippen LogP contribution in [0.25, 0.3) is 11.4 Å². The van der Waals surface area contributed by atoms with E-state index in [0.29, 0.717) is 34.8 Å². The minimum atomic E-state index is -0.367. The fourth-order valence-corrected chi connectivity index (χ4v) is 6.53. The number of allylic oxidation sites excluding steroid dienone is 1. The van der Waals surface area contributed by atoms with E-state index < -0.39 is 0 Å². The number of carbonyl (C=O) groups is 2. The van der Waals surface area contributed by atoms with Crippen molar-refractivity contribution < 1.29 is 14.3 Å². The van der Waals surface area contributed by atoms with Gasteiger partial charge in [0.2, 0.25) is 5.91 Å². The lowest BCUT2D eigenvalue weighted by molar-refractivity contribution is -0.113. The van der Waals surface area contributed by atoms with Crippen molar-refractivity contribution in [1.29, 1.82) is 0 Å². The van der Waals surface area contributed by atoms with Gasteiger partial charge in [-0.1, -0.05) is 24.8 Å². The van der Waals surface area contributed by atoms with E-state index in [4.69, 9.17) is 4.74 Å². The van der Waals surface area contributed by atoms with Crippen LogP contribution in [0.2, 0.25) is 0 Å². The van der Waals surface area contributed by atoms with Crippen molar-refractivity contribution in [3.63, 3.8) is 0 Å². The first-order valence-corrected chi connectivity index (χ1v) is 14.2. The van der Waals surface area contributed by atoms with E-state index in [9.17, 15) is 9.59 Å². The van der Waals surface area contributed by atoms with Gasteiger partial charge in [-0.05, 0) is 61.9 Å². The molecule has 1 unspecified atom stereocenters. The van der Waals surface area contributed by atoms with E-state index in [0.717, 1.165) is 41.9 Å². The number of nitrogens with zero attached hydrogens (tertiary/aromatic N) is 4. The smallest absolute Gasteiger partial charge is 0.341 e. The third-order valence-electron chi connectivity index (χ3n) is 6.25. The summed E-state index contributed by atoms with van der Waals surface area (Å²) in [5, 5.41) is 12.9. The van der Waals surface area contributed by atoms with E-state index in [1.807, 2.05) is 47.8 Å². The van der Waals surface area contributed by atoms with Gasteiger partial charge < -0.3 is 15.0 Å². The highest BCUT2D eigenvalue weighted by molar-refractivity contribution is 7.99. The molecule has 0 aliphatic heterocycles. The van der Waals surface area contributed by atoms with Gasteiger partial charge >= 0.3 is 5.97 Å². The van der Waals surface area contributed by atoms with Crippen molar-refractivity contribution in [2.45, 2.75) is 44.8 Å². The van der Waals surface area contributed by atoms with E-state index >= 15 is 0 Å². The molecule has 0 bridgehead atoms. The molecule has 1 aliphatic rings. The Morgan fingerprint density at radius 1 is 1.30 bits per heavy atom. The first kappa shape index (κ1) is 26.9. The molecule has 8 nitrogen and oxygen atoms in total. The molecular formula is C27H33N5O3S2. The number of aromatic nitrogens is 3. The fourth-order valence-electron chi connectivity index (χ4n) is 4.36. The summed E-state index contributed by atoms with van der Waals surface area (Å²) < 4.78 is 7.27. The van der Waals surface area contributed by atoms with Gasteiger partial charge in [-0.2, -0.15) is 0 Å². The van der Waals surface area contributed by atoms with Crippen molar-refractivity contribution in [2.24, 2.45) is 5.92 Å². The Hall–Kier alpha value is -3.11. The SMILES string of the molecule is C=CCn1c(SCC(=O)Nc2sc3c(c2C(=O)OCC)CCC(C)C3)nnc1-c1ccc(N(C)C)cc1. The molecule has 2 heterocycles. The second-order valence-electron chi connectivity index (χ2n) is 9.26. The molecule has 196 valence electrons. The number of amides is 1. The monoisotopic (exact) mass is 539 g/mol. The number of thioether (sulfide) groups is 1. The number of hydrogen-bond acceptors (Lipinski definition) is 8. The molecule has 37 heavy (non-hydrogen) atoms. The van der Waals surface area contributed by atoms with Crippen LogP contribution in [0.3, 0.4) is 0 Å². The molecule has 0 fully saturated rings. The molecule has 4 rings (SSSR count). The van der Waals surface area contributed by atoms with Gasteiger partial charge in [0.25, 0.3) is 0 Å². The number of thiophene rings is 1. The van der Waals surface area contributed by atoms with Gasteiger partial charge in [-0.15, -0.1) is 28.1 Å². The summed E-state index contributed by atoms with van der Waals surface area (Å²) in [5.41, 5.74) is 3.58. The van der Waals surface area contributed by atoms with Gasteiger partial charge in [0.1, 0.15) is 5.00 Å². The van der Waals surface area contributed by atoms with Gasteiger partial charge in [0.15, 0.2) is 11.0 Å². The summed E-state index contributed by atoms with van der Waals surface area (Å²) in [6.45, 7) is 8.68. The highest BCUT2D eigenvalue weighted by atomic mass is 32.2. The number of ether oxygens (including phenoxy) is 1. The van der Waals surface area contributed by atoms with Crippen LogP contribution in [0.5, 0.6) is 0 Å². The lowest BCUT2D eigenvalue weighted by Crippen LogP contribution is -2.18. The number of carbonyl (C=O) groups excluding carboxylic acids is 2. The molecule has 0 spiro atoms. The molecule has 3 aromatic rings. The fraction of sp³-hybridized carbons (Fsp3) is 0.407. The van der Waals surface area contributed by atoms with Gasteiger partial charge in [0, 0.05) is 36.8 Å². The molecule has 10 heteroatoms. The van der Waals surface area contributed by atoms with Crippen LogP contribution in [0, 0.1) is 5.92 Å². The largest absolute Gasteiger partial charge is 0.462 e. The van der Waals surface area contributed by atoms with Crippen LogP contribution in [0.15, 0.2) is 42.1 Å². The average molecular weight is 540 g/mol. The van der Waals surface area contributed by atoms with E-state index in [-0.39, 0.29) is 17.6 Å². The Bertz CT molecular complexity index is 1280. The van der Waals surface area contributed by atoms with Crippen molar-refractivity contribution in [3.8, 4) is 11.4 Å². The first-order chi connectivity index (χ1) is 17.8. The summed E-state index contributed by atoms with van der Waals surface area (Å²) in [4.78, 5) is 28.9. The standard InChI is InChI=1S/C27H33N5O3S2/c1-6-14-32-24(18-9-11-19(12-10-18)31(4)5)29-30-27(32)36-16-22(33)28-25-23(26(34)35-7-2)20-13-8-17(3)15-21(20)37-25/h6,9-12,17H,1,7-8,13-16H2,2-5H3,(H,28,33). The van der Waals surface area contributed by atoms with Gasteiger partial charge in [-0.25, -0.2) is 4.79 Å². The summed E-state index contributed by atoms with van der Waals surface area (Å²) in [7, 11) is 3.99. The Balaban J connectivity index is 1.50. The zero-order valence-electron chi connectivity index (χ0n) is 21.7. The Morgan fingerprint density at radius 2 is 2.05 bits per heavy atom. The third-order valence-corrected chi connectivity index (χ3v) is 8.38. The van der Waals surface area contributed by atoms with Gasteiger partial charge in [-0.3, -0.25) is 9.36 Å². The van der Waals surface area contributed by atoms with E-state index in [1.54, 1.807) is 13.0 Å². The number of esters is 1. The van der Waals surface area contributed by atoms with Crippen molar-refractivity contribution in [3.05, 3.63) is 52.9 Å². The van der Waals surface area contributed by atoms with Crippen LogP contribution in [-0.4, -0.2) is 53.1 Å². The third kappa shape index (κ3) is 6.07. The number of hydrogen-bond donors (Lipinski definition) is 1. The van der Waals surface area contributed by atoms with Crippen molar-refractivity contribution in [1.82, 2.24) is 14.8 Å². The average Bonchev–Trinajstić information content (AvgIpc) is 3.43. The maximum atomic E-state index is 13.0. The quantitative estimate of drug-likeness (QED) is 0.213. The summed E-state index contributed by atoms with van der Waals surface area (Å²) in [6, 6.07) is 8.09. The molecular weight excluding hydrogens is 506 g/mol. The number of rotatable bonds is 10. The first-order valence-electron chi connectivity index (χ1n) is 12.4. The number of anilines is 2. The van der Waals surface area contributed by atoms with Crippen LogP contribution in [0.1, 0.15) is 41.1 Å². The zero-order chi connectivity index (χ0) is 26.5. The summed E-state index contributed by atoms with van der Waals surface area (Å²) >= 11 is 2.80. The minimum absolute atomic E-state index is 0.135. The van der Waals surface area contributed by atoms with Crippen LogP contribution >= 0.6 is 23.1 Å². The molecule has 1 aromatic carbocycles. The second kappa shape index (κ2) is 12.0. The second-order valence-corrected chi connectivity index (χ2v) is 11.3. The van der Waals surface area contributed by atoms with Crippen molar-refractivity contribution >= 4 is 45.7 Å². The maximum Gasteiger partial charge on any atom is 0.341 e. The topological polar surface area (TPSA) is 89.3 Å². The highest BCUT2D eigenvalue weighted by Crippen LogP contribution is 2.40. The van der Waals surface area contributed by atoms with E-state index in [2.05, 4.69) is 29.0 Å². The molecule has 1 atom stereocenters. The molecule has 0 radical (unpaired) electrons. The number of nitrogens with one attached hydrogen (secondary N) is 1. The Labute approximate surface area is 226 Å². The van der Waals surface area contributed by atoms with Crippen LogP contribution in [-0.2, 0) is 28.9 Å². The maximum absolute atomic E-state index is 13.0.